The average molecular weight is 240 g/mol. The zero-order valence-electron chi connectivity index (χ0n) is 11.0. The van der Waals surface area contributed by atoms with Gasteiger partial charge in [0, 0.05) is 25.4 Å². The van der Waals surface area contributed by atoms with Crippen molar-refractivity contribution in [2.45, 2.75) is 51.5 Å². The summed E-state index contributed by atoms with van der Waals surface area (Å²) in [7, 11) is 1.97. The Labute approximate surface area is 104 Å². The lowest BCUT2D eigenvalue weighted by atomic mass is 9.93. The summed E-state index contributed by atoms with van der Waals surface area (Å²) in [6, 6.07) is 0.393. The van der Waals surface area contributed by atoms with Crippen molar-refractivity contribution in [2.24, 2.45) is 0 Å². The molecule has 4 nitrogen and oxygen atoms in total. The van der Waals surface area contributed by atoms with Gasteiger partial charge in [-0.05, 0) is 26.3 Å². The number of likely N-dealkylation sites (N-methyl/N-ethyl adjacent to an activating group) is 1. The number of hydrogen-bond donors (Lipinski definition) is 1. The quantitative estimate of drug-likeness (QED) is 0.713. The molecular formula is C13H24N2O2. The molecule has 0 aliphatic heterocycles. The first kappa shape index (κ1) is 14.2. The molecule has 0 radical (unpaired) electrons. The molecule has 1 rings (SSSR count). The van der Waals surface area contributed by atoms with Crippen LogP contribution in [0.1, 0.15) is 45.4 Å². The zero-order chi connectivity index (χ0) is 12.7. The molecule has 0 spiro atoms. The Morgan fingerprint density at radius 1 is 1.41 bits per heavy atom. The molecule has 0 bridgehead atoms. The molecule has 0 aromatic rings. The van der Waals surface area contributed by atoms with Gasteiger partial charge in [0.1, 0.15) is 5.78 Å². The van der Waals surface area contributed by atoms with Crippen LogP contribution in [0.4, 0.5) is 0 Å². The summed E-state index contributed by atoms with van der Waals surface area (Å²) in [5.74, 6) is 0.458. The molecule has 1 saturated carbocycles. The van der Waals surface area contributed by atoms with E-state index in [2.05, 4.69) is 17.1 Å². The molecule has 4 heteroatoms. The third kappa shape index (κ3) is 5.31. The minimum absolute atomic E-state index is 0.0952. The highest BCUT2D eigenvalue weighted by atomic mass is 16.2. The van der Waals surface area contributed by atoms with Gasteiger partial charge in [-0.25, -0.2) is 0 Å². The number of carbonyl (C=O) groups excluding carboxylic acids is 2. The number of hydrogen-bond acceptors (Lipinski definition) is 3. The molecule has 0 heterocycles. The molecule has 1 N–H and O–H groups in total. The summed E-state index contributed by atoms with van der Waals surface area (Å²) in [4.78, 5) is 24.8. The van der Waals surface area contributed by atoms with Crippen LogP contribution in [0.2, 0.25) is 0 Å². The highest BCUT2D eigenvalue weighted by Crippen LogP contribution is 2.18. The molecule has 17 heavy (non-hydrogen) atoms. The number of nitrogens with one attached hydrogen (secondary N) is 1. The Balaban J connectivity index is 2.21. The SMILES string of the molecule is CCCCNC(=O)CN(C)C1CCC(=O)CC1. The number of carbonyl (C=O) groups is 2. The molecule has 98 valence electrons. The Bertz CT molecular complexity index is 256. The summed E-state index contributed by atoms with van der Waals surface area (Å²) in [6.45, 7) is 3.33. The van der Waals surface area contributed by atoms with Crippen LogP contribution in [-0.2, 0) is 9.59 Å². The Hall–Kier alpha value is -0.900. The fraction of sp³-hybridized carbons (Fsp3) is 0.846. The minimum Gasteiger partial charge on any atom is -0.355 e. The largest absolute Gasteiger partial charge is 0.355 e. The molecule has 0 unspecified atom stereocenters. The number of nitrogens with zero attached hydrogens (tertiary/aromatic N) is 1. The standard InChI is InChI=1S/C13H24N2O2/c1-3-4-9-14-13(17)10-15(2)11-5-7-12(16)8-6-11/h11H,3-10H2,1-2H3,(H,14,17). The molecule has 1 amide bonds. The van der Waals surface area contributed by atoms with Crippen LogP contribution in [0.25, 0.3) is 0 Å². The van der Waals surface area contributed by atoms with Crippen molar-refractivity contribution in [3.63, 3.8) is 0 Å². The average Bonchev–Trinajstić information content (AvgIpc) is 2.30. The molecule has 1 aliphatic rings. The first-order valence-electron chi connectivity index (χ1n) is 6.62. The summed E-state index contributed by atoms with van der Waals surface area (Å²) < 4.78 is 0. The van der Waals surface area contributed by atoms with Gasteiger partial charge in [-0.15, -0.1) is 0 Å². The molecule has 0 aromatic heterocycles. The Morgan fingerprint density at radius 2 is 2.06 bits per heavy atom. The van der Waals surface area contributed by atoms with E-state index in [0.29, 0.717) is 31.2 Å². The molecule has 0 atom stereocenters. The highest BCUT2D eigenvalue weighted by molar-refractivity contribution is 5.79. The number of amides is 1. The minimum atomic E-state index is 0.0952. The van der Waals surface area contributed by atoms with Gasteiger partial charge >= 0.3 is 0 Å². The summed E-state index contributed by atoms with van der Waals surface area (Å²) in [5.41, 5.74) is 0. The predicted octanol–water partition coefficient (Wildman–Crippen LogP) is 1.35. The first-order chi connectivity index (χ1) is 8.13. The summed E-state index contributed by atoms with van der Waals surface area (Å²) in [6.07, 6.45) is 5.28. The first-order valence-corrected chi connectivity index (χ1v) is 6.62. The van der Waals surface area contributed by atoms with Crippen molar-refractivity contribution in [1.82, 2.24) is 10.2 Å². The van der Waals surface area contributed by atoms with Crippen molar-refractivity contribution in [1.29, 1.82) is 0 Å². The van der Waals surface area contributed by atoms with Gasteiger partial charge in [0.05, 0.1) is 6.54 Å². The van der Waals surface area contributed by atoms with E-state index >= 15 is 0 Å². The zero-order valence-corrected chi connectivity index (χ0v) is 11.0. The van der Waals surface area contributed by atoms with Crippen molar-refractivity contribution in [3.05, 3.63) is 0 Å². The fourth-order valence-electron chi connectivity index (χ4n) is 2.18. The van der Waals surface area contributed by atoms with Crippen LogP contribution in [0, 0.1) is 0 Å². The van der Waals surface area contributed by atoms with Crippen LogP contribution in [0.5, 0.6) is 0 Å². The number of unbranched alkanes of at least 4 members (excludes halogenated alkanes) is 1. The molecule has 0 aromatic carbocycles. The molecular weight excluding hydrogens is 216 g/mol. The maximum absolute atomic E-state index is 11.6. The van der Waals surface area contributed by atoms with Gasteiger partial charge in [0.2, 0.25) is 5.91 Å². The Kier molecular flexibility index (Phi) is 6.19. The van der Waals surface area contributed by atoms with Gasteiger partial charge in [-0.3, -0.25) is 14.5 Å². The van der Waals surface area contributed by atoms with E-state index in [1.807, 2.05) is 7.05 Å². The van der Waals surface area contributed by atoms with Crippen LogP contribution < -0.4 is 5.32 Å². The van der Waals surface area contributed by atoms with Crippen LogP contribution >= 0.6 is 0 Å². The van der Waals surface area contributed by atoms with E-state index < -0.39 is 0 Å². The van der Waals surface area contributed by atoms with Gasteiger partial charge in [-0.1, -0.05) is 13.3 Å². The molecule has 1 fully saturated rings. The van der Waals surface area contributed by atoms with E-state index in [1.165, 1.54) is 0 Å². The third-order valence-electron chi connectivity index (χ3n) is 3.38. The fourth-order valence-corrected chi connectivity index (χ4v) is 2.18. The van der Waals surface area contributed by atoms with Crippen molar-refractivity contribution >= 4 is 11.7 Å². The van der Waals surface area contributed by atoms with Crippen LogP contribution in [-0.4, -0.2) is 42.8 Å². The van der Waals surface area contributed by atoms with Gasteiger partial charge in [-0.2, -0.15) is 0 Å². The summed E-state index contributed by atoms with van der Waals surface area (Å²) in [5, 5.41) is 2.91. The lowest BCUT2D eigenvalue weighted by molar-refractivity contribution is -0.123. The van der Waals surface area contributed by atoms with E-state index in [4.69, 9.17) is 0 Å². The number of ketones is 1. The Morgan fingerprint density at radius 3 is 2.65 bits per heavy atom. The van der Waals surface area contributed by atoms with Gasteiger partial charge in [0.25, 0.3) is 0 Å². The molecule has 1 aliphatic carbocycles. The van der Waals surface area contributed by atoms with Crippen molar-refractivity contribution < 1.29 is 9.59 Å². The lowest BCUT2D eigenvalue weighted by Crippen LogP contribution is -2.42. The van der Waals surface area contributed by atoms with E-state index in [0.717, 1.165) is 32.2 Å². The molecule has 0 saturated heterocycles. The monoisotopic (exact) mass is 240 g/mol. The van der Waals surface area contributed by atoms with Crippen molar-refractivity contribution in [3.8, 4) is 0 Å². The van der Waals surface area contributed by atoms with Gasteiger partial charge < -0.3 is 5.32 Å². The van der Waals surface area contributed by atoms with E-state index in [9.17, 15) is 9.59 Å². The number of rotatable bonds is 6. The van der Waals surface area contributed by atoms with Crippen LogP contribution in [0.3, 0.4) is 0 Å². The maximum Gasteiger partial charge on any atom is 0.234 e. The number of Topliss-reactive ketones (excluding diaryl/α,β-unsaturated/α-hetero) is 1. The predicted molar refractivity (Wildman–Crippen MR) is 67.8 cm³/mol. The smallest absolute Gasteiger partial charge is 0.234 e. The summed E-state index contributed by atoms with van der Waals surface area (Å²) >= 11 is 0. The topological polar surface area (TPSA) is 49.4 Å². The second-order valence-electron chi connectivity index (χ2n) is 4.89. The van der Waals surface area contributed by atoms with Gasteiger partial charge in [0.15, 0.2) is 0 Å². The van der Waals surface area contributed by atoms with E-state index in [-0.39, 0.29) is 5.91 Å². The normalized spacial score (nSPS) is 17.5. The third-order valence-corrected chi connectivity index (χ3v) is 3.38. The second kappa shape index (κ2) is 7.43. The van der Waals surface area contributed by atoms with Crippen LogP contribution in [0.15, 0.2) is 0 Å². The second-order valence-corrected chi connectivity index (χ2v) is 4.89. The van der Waals surface area contributed by atoms with Crippen molar-refractivity contribution in [2.75, 3.05) is 20.1 Å². The highest BCUT2D eigenvalue weighted by Gasteiger charge is 2.23. The van der Waals surface area contributed by atoms with E-state index in [1.54, 1.807) is 0 Å². The lowest BCUT2D eigenvalue weighted by Gasteiger charge is -2.30. The maximum atomic E-state index is 11.6.